The lowest BCUT2D eigenvalue weighted by Crippen LogP contribution is -2.22. The van der Waals surface area contributed by atoms with Crippen LogP contribution in [0.25, 0.3) is 6.08 Å². The maximum Gasteiger partial charge on any atom is 0.363 e. The van der Waals surface area contributed by atoms with Gasteiger partial charge in [-0.3, -0.25) is 0 Å². The van der Waals surface area contributed by atoms with Crippen LogP contribution in [-0.4, -0.2) is 11.9 Å². The highest BCUT2D eigenvalue weighted by molar-refractivity contribution is 7.10. The molecule has 0 saturated heterocycles. The minimum Gasteiger partial charge on any atom is -0.406 e. The van der Waals surface area contributed by atoms with Crippen molar-refractivity contribution >= 4 is 29.3 Å². The molecule has 1 aromatic heterocycles. The Hall–Kier alpha value is -1.42. The summed E-state index contributed by atoms with van der Waals surface area (Å²) in [6.45, 7) is 0. The smallest absolute Gasteiger partial charge is 0.363 e. The van der Waals surface area contributed by atoms with Crippen molar-refractivity contribution in [3.05, 3.63) is 28.1 Å². The summed E-state index contributed by atoms with van der Waals surface area (Å²) in [5.41, 5.74) is 0.435. The number of rotatable bonds is 2. The van der Waals surface area contributed by atoms with Crippen molar-refractivity contribution in [2.24, 2.45) is 10.9 Å². The van der Waals surface area contributed by atoms with Crippen molar-refractivity contribution in [3.8, 4) is 0 Å². The van der Waals surface area contributed by atoms with Gasteiger partial charge in [-0.25, -0.2) is 9.79 Å². The van der Waals surface area contributed by atoms with Crippen LogP contribution >= 0.6 is 11.3 Å². The van der Waals surface area contributed by atoms with Crippen molar-refractivity contribution in [3.63, 3.8) is 0 Å². The second kappa shape index (κ2) is 3.87. The number of hydrogen-bond donors (Lipinski definition) is 0. The Kier molecular flexibility index (Phi) is 2.36. The van der Waals surface area contributed by atoms with Gasteiger partial charge in [0.15, 0.2) is 5.70 Å². The van der Waals surface area contributed by atoms with E-state index < -0.39 is 0 Å². The van der Waals surface area contributed by atoms with Gasteiger partial charge >= 0.3 is 5.97 Å². The Balaban J connectivity index is 1.85. The van der Waals surface area contributed by atoms with Crippen LogP contribution < -0.4 is 0 Å². The van der Waals surface area contributed by atoms with Gasteiger partial charge in [0, 0.05) is 10.8 Å². The molecule has 3 nitrogen and oxygen atoms in total. The molecule has 0 N–H and O–H groups in total. The lowest BCUT2D eigenvalue weighted by molar-refractivity contribution is -0.130. The summed E-state index contributed by atoms with van der Waals surface area (Å²) in [5.74, 6) is 0.688. The van der Waals surface area contributed by atoms with Crippen LogP contribution in [0.1, 0.15) is 24.1 Å². The quantitative estimate of drug-likeness (QED) is 0.582. The Morgan fingerprint density at radius 2 is 2.38 bits per heavy atom. The summed E-state index contributed by atoms with van der Waals surface area (Å²) in [6.07, 6.45) is 5.20. The second-order valence-corrected chi connectivity index (χ2v) is 4.99. The molecule has 3 rings (SSSR count). The topological polar surface area (TPSA) is 38.7 Å². The van der Waals surface area contributed by atoms with Gasteiger partial charge in [0.1, 0.15) is 0 Å². The van der Waals surface area contributed by atoms with Crippen LogP contribution in [0.5, 0.6) is 0 Å². The third-order valence-corrected chi connectivity index (χ3v) is 3.73. The minimum absolute atomic E-state index is 0.310. The fourth-order valence-corrected chi connectivity index (χ4v) is 2.41. The van der Waals surface area contributed by atoms with E-state index in [2.05, 4.69) is 4.99 Å². The van der Waals surface area contributed by atoms with E-state index in [9.17, 15) is 4.79 Å². The van der Waals surface area contributed by atoms with Crippen LogP contribution in [0, 0.1) is 5.92 Å². The number of aliphatic imine (C=N–C) groups is 1. The lowest BCUT2D eigenvalue weighted by atomic mass is 9.85. The average molecular weight is 233 g/mol. The standard InChI is InChI=1S/C12H11NO2S/c14-12-10(7-9-5-2-6-16-9)13-11(15-12)8-3-1-4-8/h2,5-8H,1,3-4H2/b10-7+. The molecular weight excluding hydrogens is 222 g/mol. The molecule has 1 saturated carbocycles. The van der Waals surface area contributed by atoms with Crippen LogP contribution in [0.2, 0.25) is 0 Å². The van der Waals surface area contributed by atoms with Crippen LogP contribution in [0.3, 0.4) is 0 Å². The number of ether oxygens (including phenoxy) is 1. The van der Waals surface area contributed by atoms with Gasteiger partial charge in [-0.05, 0) is 30.4 Å². The summed E-state index contributed by atoms with van der Waals surface area (Å²) in [4.78, 5) is 16.9. The number of nitrogens with zero attached hydrogens (tertiary/aromatic N) is 1. The van der Waals surface area contributed by atoms with Gasteiger partial charge < -0.3 is 4.74 Å². The van der Waals surface area contributed by atoms with Crippen molar-refractivity contribution in [2.45, 2.75) is 19.3 Å². The average Bonchev–Trinajstić information content (AvgIpc) is 2.76. The Morgan fingerprint density at radius 3 is 3.00 bits per heavy atom. The molecule has 0 spiro atoms. The molecular formula is C12H11NO2S. The molecule has 0 aromatic carbocycles. The van der Waals surface area contributed by atoms with Gasteiger partial charge in [0.2, 0.25) is 5.90 Å². The Labute approximate surface area is 97.5 Å². The zero-order valence-electron chi connectivity index (χ0n) is 8.68. The van der Waals surface area contributed by atoms with Crippen LogP contribution in [0.15, 0.2) is 28.2 Å². The van der Waals surface area contributed by atoms with Crippen molar-refractivity contribution in [1.82, 2.24) is 0 Å². The number of carbonyl (C=O) groups excluding carboxylic acids is 1. The maximum absolute atomic E-state index is 11.6. The number of thiophene rings is 1. The lowest BCUT2D eigenvalue weighted by Gasteiger charge is -2.23. The second-order valence-electron chi connectivity index (χ2n) is 4.01. The van der Waals surface area contributed by atoms with E-state index in [1.807, 2.05) is 17.5 Å². The predicted octanol–water partition coefficient (Wildman–Crippen LogP) is 2.84. The molecule has 2 aliphatic rings. The molecule has 0 unspecified atom stereocenters. The number of carbonyl (C=O) groups is 1. The van der Waals surface area contributed by atoms with Gasteiger partial charge in [0.25, 0.3) is 0 Å². The third kappa shape index (κ3) is 1.69. The van der Waals surface area contributed by atoms with E-state index in [1.54, 1.807) is 17.4 Å². The Morgan fingerprint density at radius 1 is 1.50 bits per heavy atom. The summed E-state index contributed by atoms with van der Waals surface area (Å²) >= 11 is 1.59. The molecule has 1 fully saturated rings. The normalized spacial score (nSPS) is 23.1. The summed E-state index contributed by atoms with van der Waals surface area (Å²) in [6, 6.07) is 3.91. The number of esters is 1. The highest BCUT2D eigenvalue weighted by atomic mass is 32.1. The molecule has 0 bridgehead atoms. The zero-order chi connectivity index (χ0) is 11.0. The van der Waals surface area contributed by atoms with Gasteiger partial charge in [-0.2, -0.15) is 0 Å². The first kappa shape index (κ1) is 9.78. The molecule has 1 aromatic rings. The molecule has 4 heteroatoms. The monoisotopic (exact) mass is 233 g/mol. The fraction of sp³-hybridized carbons (Fsp3) is 0.333. The van der Waals surface area contributed by atoms with Crippen molar-refractivity contribution < 1.29 is 9.53 Å². The third-order valence-electron chi connectivity index (χ3n) is 2.91. The van der Waals surface area contributed by atoms with E-state index in [0.717, 1.165) is 17.7 Å². The van der Waals surface area contributed by atoms with E-state index in [1.165, 1.54) is 6.42 Å². The predicted molar refractivity (Wildman–Crippen MR) is 63.2 cm³/mol. The zero-order valence-corrected chi connectivity index (χ0v) is 9.50. The highest BCUT2D eigenvalue weighted by Gasteiger charge is 2.32. The molecule has 0 atom stereocenters. The molecule has 1 aliphatic heterocycles. The first-order valence-corrected chi connectivity index (χ1v) is 6.27. The molecule has 2 heterocycles. The SMILES string of the molecule is O=C1OC(C2CCC2)=N/C1=C/c1cccs1. The highest BCUT2D eigenvalue weighted by Crippen LogP contribution is 2.32. The van der Waals surface area contributed by atoms with E-state index >= 15 is 0 Å². The maximum atomic E-state index is 11.6. The van der Waals surface area contributed by atoms with Gasteiger partial charge in [-0.15, -0.1) is 11.3 Å². The molecule has 82 valence electrons. The van der Waals surface area contributed by atoms with E-state index in [-0.39, 0.29) is 5.97 Å². The molecule has 0 amide bonds. The first-order chi connectivity index (χ1) is 7.83. The largest absolute Gasteiger partial charge is 0.406 e. The number of cyclic esters (lactones) is 1. The van der Waals surface area contributed by atoms with Crippen LogP contribution in [-0.2, 0) is 9.53 Å². The Bertz CT molecular complexity index is 469. The molecule has 0 radical (unpaired) electrons. The van der Waals surface area contributed by atoms with E-state index in [4.69, 9.17) is 4.74 Å². The van der Waals surface area contributed by atoms with Gasteiger partial charge in [-0.1, -0.05) is 12.5 Å². The van der Waals surface area contributed by atoms with Gasteiger partial charge in [0.05, 0.1) is 0 Å². The minimum atomic E-state index is -0.310. The number of hydrogen-bond acceptors (Lipinski definition) is 4. The first-order valence-electron chi connectivity index (χ1n) is 5.39. The van der Waals surface area contributed by atoms with E-state index in [0.29, 0.717) is 17.5 Å². The molecule has 1 aliphatic carbocycles. The van der Waals surface area contributed by atoms with Crippen molar-refractivity contribution in [2.75, 3.05) is 0 Å². The van der Waals surface area contributed by atoms with Crippen LogP contribution in [0.4, 0.5) is 0 Å². The summed E-state index contributed by atoms with van der Waals surface area (Å²) in [5, 5.41) is 1.98. The summed E-state index contributed by atoms with van der Waals surface area (Å²) in [7, 11) is 0. The van der Waals surface area contributed by atoms with Crippen molar-refractivity contribution in [1.29, 1.82) is 0 Å². The molecule has 16 heavy (non-hydrogen) atoms. The summed E-state index contributed by atoms with van der Waals surface area (Å²) < 4.78 is 5.17. The fourth-order valence-electron chi connectivity index (χ4n) is 1.76.